The van der Waals surface area contributed by atoms with Gasteiger partial charge in [-0.2, -0.15) is 13.2 Å². The topological polar surface area (TPSA) is 23.5 Å². The lowest BCUT2D eigenvalue weighted by molar-refractivity contribution is -0.151. The number of alkyl halides is 3. The molecule has 1 rings (SSSR count). The molecule has 0 aliphatic heterocycles. The van der Waals surface area contributed by atoms with Gasteiger partial charge in [-0.15, -0.1) is 0 Å². The van der Waals surface area contributed by atoms with E-state index in [0.717, 1.165) is 5.56 Å². The number of aliphatic hydroxyl groups is 1. The van der Waals surface area contributed by atoms with E-state index in [0.29, 0.717) is 0 Å². The lowest BCUT2D eigenvalue weighted by Gasteiger charge is -2.37. The van der Waals surface area contributed by atoms with Gasteiger partial charge >= 0.3 is 6.18 Å². The molecule has 5 heteroatoms. The molecular formula is C15H22F3NO. The average molecular weight is 289 g/mol. The van der Waals surface area contributed by atoms with Crippen molar-refractivity contribution in [1.29, 1.82) is 0 Å². The number of hydrogen-bond acceptors (Lipinski definition) is 2. The van der Waals surface area contributed by atoms with Crippen LogP contribution in [0.2, 0.25) is 0 Å². The first kappa shape index (κ1) is 17.0. The van der Waals surface area contributed by atoms with Crippen molar-refractivity contribution in [2.45, 2.75) is 38.4 Å². The van der Waals surface area contributed by atoms with Crippen LogP contribution >= 0.6 is 0 Å². The van der Waals surface area contributed by atoms with Crippen LogP contribution in [0.25, 0.3) is 0 Å². The summed E-state index contributed by atoms with van der Waals surface area (Å²) in [6.07, 6.45) is -4.24. The number of hydrogen-bond donors (Lipinski definition) is 1. The summed E-state index contributed by atoms with van der Waals surface area (Å²) < 4.78 is 37.9. The molecule has 114 valence electrons. The molecule has 1 atom stereocenters. The van der Waals surface area contributed by atoms with Gasteiger partial charge in [0.25, 0.3) is 0 Å². The maximum Gasteiger partial charge on any atom is 0.401 e. The molecule has 1 unspecified atom stereocenters. The molecule has 0 saturated heterocycles. The summed E-state index contributed by atoms with van der Waals surface area (Å²) >= 11 is 0. The Morgan fingerprint density at radius 3 is 2.05 bits per heavy atom. The fourth-order valence-electron chi connectivity index (χ4n) is 2.17. The lowest BCUT2D eigenvalue weighted by Crippen LogP contribution is -2.48. The molecule has 0 amide bonds. The highest BCUT2D eigenvalue weighted by Crippen LogP contribution is 2.27. The Hall–Kier alpha value is -1.07. The van der Waals surface area contributed by atoms with Gasteiger partial charge in [-0.3, -0.25) is 4.90 Å². The summed E-state index contributed by atoms with van der Waals surface area (Å²) in [6.45, 7) is 4.24. The van der Waals surface area contributed by atoms with E-state index in [2.05, 4.69) is 0 Å². The molecule has 0 aliphatic rings. The molecule has 2 nitrogen and oxygen atoms in total. The smallest absolute Gasteiger partial charge is 0.395 e. The second-order valence-corrected chi connectivity index (χ2v) is 5.70. The van der Waals surface area contributed by atoms with Gasteiger partial charge in [0.15, 0.2) is 0 Å². The van der Waals surface area contributed by atoms with Crippen LogP contribution in [0, 0.1) is 0 Å². The Balaban J connectivity index is 2.94. The van der Waals surface area contributed by atoms with Crippen molar-refractivity contribution in [1.82, 2.24) is 4.90 Å². The van der Waals surface area contributed by atoms with Crippen molar-refractivity contribution >= 4 is 0 Å². The minimum Gasteiger partial charge on any atom is -0.395 e. The van der Waals surface area contributed by atoms with Gasteiger partial charge in [0, 0.05) is 18.0 Å². The maximum atomic E-state index is 12.6. The van der Waals surface area contributed by atoms with Crippen LogP contribution < -0.4 is 0 Å². The molecule has 20 heavy (non-hydrogen) atoms. The number of halogens is 3. The number of aliphatic hydroxyl groups excluding tert-OH is 1. The normalized spacial score (nSPS) is 15.7. The standard InChI is InChI=1S/C15H22F3NO/c1-12(2)19(10-15(16,17)18)9-14(3,11-20)13-7-5-4-6-8-13/h4-8,12,20H,9-11H2,1-3H3. The molecule has 0 fully saturated rings. The molecule has 0 aromatic heterocycles. The van der Waals surface area contributed by atoms with Gasteiger partial charge in [-0.1, -0.05) is 37.3 Å². The Morgan fingerprint density at radius 1 is 1.10 bits per heavy atom. The Bertz CT molecular complexity index is 405. The molecule has 0 aliphatic carbocycles. The van der Waals surface area contributed by atoms with Gasteiger partial charge in [0.2, 0.25) is 0 Å². The van der Waals surface area contributed by atoms with Gasteiger partial charge in [0.05, 0.1) is 13.2 Å². The first-order valence-corrected chi connectivity index (χ1v) is 6.65. The third-order valence-corrected chi connectivity index (χ3v) is 3.48. The second kappa shape index (κ2) is 6.59. The minimum absolute atomic E-state index is 0.157. The van der Waals surface area contributed by atoms with Crippen molar-refractivity contribution in [3.05, 3.63) is 35.9 Å². The van der Waals surface area contributed by atoms with Crippen LogP contribution in [0.1, 0.15) is 26.3 Å². The minimum atomic E-state index is -4.24. The van der Waals surface area contributed by atoms with E-state index in [-0.39, 0.29) is 19.2 Å². The summed E-state index contributed by atoms with van der Waals surface area (Å²) in [6, 6.07) is 8.92. The highest BCUT2D eigenvalue weighted by Gasteiger charge is 2.36. The van der Waals surface area contributed by atoms with E-state index in [4.69, 9.17) is 0 Å². The summed E-state index contributed by atoms with van der Waals surface area (Å²) in [7, 11) is 0. The Labute approximate surface area is 118 Å². The molecule has 0 heterocycles. The van der Waals surface area contributed by atoms with Crippen LogP contribution in [0.4, 0.5) is 13.2 Å². The van der Waals surface area contributed by atoms with E-state index in [1.807, 2.05) is 30.3 Å². The SMILES string of the molecule is CC(C)N(CC(F)(F)F)CC(C)(CO)c1ccccc1. The quantitative estimate of drug-likeness (QED) is 0.869. The van der Waals surface area contributed by atoms with Crippen molar-refractivity contribution < 1.29 is 18.3 Å². The molecular weight excluding hydrogens is 267 g/mol. The Morgan fingerprint density at radius 2 is 1.65 bits per heavy atom. The molecule has 0 spiro atoms. The summed E-state index contributed by atoms with van der Waals surface area (Å²) in [4.78, 5) is 1.35. The van der Waals surface area contributed by atoms with Gasteiger partial charge in [-0.25, -0.2) is 0 Å². The van der Waals surface area contributed by atoms with Crippen LogP contribution in [-0.2, 0) is 5.41 Å². The Kier molecular flexibility index (Phi) is 5.59. The fourth-order valence-corrected chi connectivity index (χ4v) is 2.17. The van der Waals surface area contributed by atoms with E-state index >= 15 is 0 Å². The predicted molar refractivity (Wildman–Crippen MR) is 73.6 cm³/mol. The lowest BCUT2D eigenvalue weighted by atomic mass is 9.82. The van der Waals surface area contributed by atoms with Crippen LogP contribution in [0.3, 0.4) is 0 Å². The van der Waals surface area contributed by atoms with Gasteiger partial charge in [-0.05, 0) is 19.4 Å². The van der Waals surface area contributed by atoms with Crippen LogP contribution in [0.15, 0.2) is 30.3 Å². The zero-order valence-electron chi connectivity index (χ0n) is 12.1. The molecule has 0 radical (unpaired) electrons. The van der Waals surface area contributed by atoms with Crippen molar-refractivity contribution in [2.24, 2.45) is 0 Å². The molecule has 0 saturated carbocycles. The van der Waals surface area contributed by atoms with Gasteiger partial charge in [0.1, 0.15) is 0 Å². The van der Waals surface area contributed by atoms with Crippen LogP contribution in [-0.4, -0.2) is 41.9 Å². The van der Waals surface area contributed by atoms with Gasteiger partial charge < -0.3 is 5.11 Å². The first-order valence-electron chi connectivity index (χ1n) is 6.65. The van der Waals surface area contributed by atoms with E-state index in [1.165, 1.54) is 4.90 Å². The third-order valence-electron chi connectivity index (χ3n) is 3.48. The summed E-state index contributed by atoms with van der Waals surface area (Å²) in [5.41, 5.74) is 0.131. The van der Waals surface area contributed by atoms with Crippen LogP contribution in [0.5, 0.6) is 0 Å². The number of rotatable bonds is 6. The summed E-state index contributed by atoms with van der Waals surface area (Å²) in [5, 5.41) is 9.66. The number of nitrogens with zero attached hydrogens (tertiary/aromatic N) is 1. The zero-order valence-corrected chi connectivity index (χ0v) is 12.1. The first-order chi connectivity index (χ1) is 9.18. The fraction of sp³-hybridized carbons (Fsp3) is 0.600. The molecule has 1 aromatic rings. The third kappa shape index (κ3) is 4.80. The van der Waals surface area contributed by atoms with E-state index in [1.54, 1.807) is 20.8 Å². The highest BCUT2D eigenvalue weighted by molar-refractivity contribution is 5.25. The van der Waals surface area contributed by atoms with Crippen molar-refractivity contribution in [2.75, 3.05) is 19.7 Å². The number of benzene rings is 1. The predicted octanol–water partition coefficient (Wildman–Crippen LogP) is 3.21. The zero-order chi connectivity index (χ0) is 15.4. The maximum absolute atomic E-state index is 12.6. The monoisotopic (exact) mass is 289 g/mol. The average Bonchev–Trinajstić information content (AvgIpc) is 2.37. The summed E-state index contributed by atoms with van der Waals surface area (Å²) in [5.74, 6) is 0. The highest BCUT2D eigenvalue weighted by atomic mass is 19.4. The van der Waals surface area contributed by atoms with E-state index in [9.17, 15) is 18.3 Å². The van der Waals surface area contributed by atoms with E-state index < -0.39 is 18.1 Å². The molecule has 1 N–H and O–H groups in total. The largest absolute Gasteiger partial charge is 0.401 e. The molecule has 0 bridgehead atoms. The van der Waals surface area contributed by atoms with Crippen molar-refractivity contribution in [3.8, 4) is 0 Å². The second-order valence-electron chi connectivity index (χ2n) is 5.70. The van der Waals surface area contributed by atoms with Crippen molar-refractivity contribution in [3.63, 3.8) is 0 Å². The molecule has 1 aromatic carbocycles.